The summed E-state index contributed by atoms with van der Waals surface area (Å²) < 4.78 is 3.82. The maximum absolute atomic E-state index is 13.6. The third kappa shape index (κ3) is 13.4. The first-order valence-corrected chi connectivity index (χ1v) is 25.5. The van der Waals surface area contributed by atoms with Crippen LogP contribution >= 0.6 is 0 Å². The van der Waals surface area contributed by atoms with Crippen molar-refractivity contribution in [2.45, 2.75) is 209 Å². The average molecular weight is 1040 g/mol. The zero-order valence-corrected chi connectivity index (χ0v) is 50.8. The van der Waals surface area contributed by atoms with Gasteiger partial charge in [-0.25, -0.2) is 0 Å². The zero-order valence-electron chi connectivity index (χ0n) is 48.4. The van der Waals surface area contributed by atoms with E-state index in [-0.39, 0.29) is 92.5 Å². The second kappa shape index (κ2) is 20.0. The van der Waals surface area contributed by atoms with E-state index in [9.17, 15) is 20.4 Å². The molecule has 9 heteroatoms. The second-order valence-electron chi connectivity index (χ2n) is 28.3. The van der Waals surface area contributed by atoms with Crippen molar-refractivity contribution in [1.29, 1.82) is 0 Å². The number of benzene rings is 4. The van der Waals surface area contributed by atoms with Crippen LogP contribution in [0.25, 0.3) is 0 Å². The molecule has 2 heterocycles. The molecule has 0 saturated heterocycles. The number of rotatable bonds is 4. The van der Waals surface area contributed by atoms with Crippen molar-refractivity contribution in [3.8, 4) is 23.0 Å². The van der Waals surface area contributed by atoms with Crippen molar-refractivity contribution >= 4 is 35.4 Å². The maximum Gasteiger partial charge on any atom is 4.00 e. The van der Waals surface area contributed by atoms with E-state index >= 15 is 0 Å². The van der Waals surface area contributed by atoms with E-state index in [1.54, 1.807) is 0 Å². The predicted octanol–water partition coefficient (Wildman–Crippen LogP) is 12.2. The smallest absolute Gasteiger partial charge is 0.879 e. The SMILES string of the molecule is CC(C)(C)c1cc(N2[C-]=[N+](c3cc(C(C)(C)C)cc(C(C)(C)C)c3[O-])CC2)c([O-])c(C(C)(C)C)c1.CC(C)(C)c1cc(N2[C-]=[N+](c3cc(C(C)(C)C)cc(C(C)(C)C)c3[O-])CC2)c([O-])c(C(C)(C)C)c1.[Zr+4]. The Balaban J connectivity index is 0.000000304. The van der Waals surface area contributed by atoms with Crippen molar-refractivity contribution in [2.24, 2.45) is 0 Å². The minimum absolute atomic E-state index is 0. The van der Waals surface area contributed by atoms with E-state index in [2.05, 4.69) is 203 Å². The Morgan fingerprint density at radius 1 is 0.338 bits per heavy atom. The van der Waals surface area contributed by atoms with Crippen LogP contribution in [0, 0.1) is 0 Å². The van der Waals surface area contributed by atoms with Gasteiger partial charge in [-0.2, -0.15) is 0 Å². The Bertz CT molecular complexity index is 2490. The molecule has 2 aliphatic heterocycles. The van der Waals surface area contributed by atoms with Gasteiger partial charge in [0.25, 0.3) is 0 Å². The van der Waals surface area contributed by atoms with Gasteiger partial charge in [0.15, 0.2) is 0 Å². The molecule has 0 atom stereocenters. The summed E-state index contributed by atoms with van der Waals surface area (Å²) in [5.74, 6) is 0.170. The summed E-state index contributed by atoms with van der Waals surface area (Å²) in [6, 6.07) is 16.3. The van der Waals surface area contributed by atoms with E-state index in [0.29, 0.717) is 48.9 Å². The van der Waals surface area contributed by atoms with Crippen LogP contribution < -0.4 is 30.2 Å². The van der Waals surface area contributed by atoms with E-state index in [1.807, 2.05) is 43.2 Å². The molecule has 384 valence electrons. The number of anilines is 2. The van der Waals surface area contributed by atoms with Gasteiger partial charge in [0, 0.05) is 22.7 Å². The molecule has 0 aliphatic carbocycles. The fourth-order valence-electron chi connectivity index (χ4n) is 8.81. The molecule has 0 spiro atoms. The Kier molecular flexibility index (Phi) is 16.7. The number of hydrogen-bond acceptors (Lipinski definition) is 6. The van der Waals surface area contributed by atoms with Crippen LogP contribution in [0.3, 0.4) is 0 Å². The van der Waals surface area contributed by atoms with Crippen molar-refractivity contribution < 1.29 is 55.8 Å². The summed E-state index contributed by atoms with van der Waals surface area (Å²) in [6.45, 7) is 53.5. The van der Waals surface area contributed by atoms with Gasteiger partial charge in [-0.15, -0.1) is 23.0 Å². The quantitative estimate of drug-likeness (QED) is 0.149. The minimum Gasteiger partial charge on any atom is -0.879 e. The molecule has 0 radical (unpaired) electrons. The van der Waals surface area contributed by atoms with E-state index < -0.39 is 0 Å². The summed E-state index contributed by atoms with van der Waals surface area (Å²) in [5.41, 5.74) is 8.91. The molecule has 0 saturated carbocycles. The van der Waals surface area contributed by atoms with Gasteiger partial charge in [0.1, 0.15) is 26.2 Å². The van der Waals surface area contributed by atoms with Gasteiger partial charge >= 0.3 is 26.2 Å². The van der Waals surface area contributed by atoms with E-state index in [1.165, 1.54) is 0 Å². The van der Waals surface area contributed by atoms with Crippen LogP contribution in [0.15, 0.2) is 48.5 Å². The van der Waals surface area contributed by atoms with Crippen LogP contribution in [-0.4, -0.2) is 48.0 Å². The predicted molar refractivity (Wildman–Crippen MR) is 287 cm³/mol. The van der Waals surface area contributed by atoms with Gasteiger partial charge in [-0.1, -0.05) is 259 Å². The van der Waals surface area contributed by atoms with Crippen LogP contribution in [0.5, 0.6) is 23.0 Å². The molecule has 0 amide bonds. The maximum atomic E-state index is 13.6. The summed E-state index contributed by atoms with van der Waals surface area (Å²) in [5, 5.41) is 54.4. The van der Waals surface area contributed by atoms with Crippen LogP contribution in [0.4, 0.5) is 22.7 Å². The van der Waals surface area contributed by atoms with Crippen molar-refractivity contribution in [3.63, 3.8) is 0 Å². The Morgan fingerprint density at radius 3 is 0.789 bits per heavy atom. The third-order valence-electron chi connectivity index (χ3n) is 13.7. The summed E-state index contributed by atoms with van der Waals surface area (Å²) >= 11 is 0. The fraction of sp³-hybridized carbons (Fsp3) is 0.581. The molecule has 0 unspecified atom stereocenters. The molecule has 0 aromatic heterocycles. The standard InChI is InChI=1S/2C31H46N2O2.Zr/c2*1-28(2,3)20-15-22(30(7,8)9)26(34)24(17-20)32-13-14-33(19-32)25-18-21(29(4,5)6)16-23(27(25)35)31(10,11)12;/h2*15-18,34-35H,13-14H2,1-12H3;/q;;+4/p-4. The zero-order chi connectivity index (χ0) is 53.4. The topological polar surface area (TPSA) is 105 Å². The first-order chi connectivity index (χ1) is 31.4. The summed E-state index contributed by atoms with van der Waals surface area (Å²) in [4.78, 5) is 3.82. The average Bonchev–Trinajstić information content (AvgIpc) is 3.86. The van der Waals surface area contributed by atoms with Gasteiger partial charge in [0.2, 0.25) is 12.7 Å². The second-order valence-corrected chi connectivity index (χ2v) is 28.3. The summed E-state index contributed by atoms with van der Waals surface area (Å²) in [6.07, 6.45) is 6.77. The molecule has 0 N–H and O–H groups in total. The van der Waals surface area contributed by atoms with Gasteiger partial charge < -0.3 is 39.4 Å². The van der Waals surface area contributed by atoms with Gasteiger partial charge in [-0.05, 0) is 43.3 Å². The van der Waals surface area contributed by atoms with Crippen LogP contribution in [-0.2, 0) is 69.5 Å². The Morgan fingerprint density at radius 2 is 0.563 bits per heavy atom. The van der Waals surface area contributed by atoms with Crippen molar-refractivity contribution in [3.05, 3.63) is 93.0 Å². The number of hydrogen-bond donors (Lipinski definition) is 0. The van der Waals surface area contributed by atoms with Crippen LogP contribution in [0.1, 0.15) is 211 Å². The monoisotopic (exact) mass is 1040 g/mol. The molecule has 6 rings (SSSR count). The Labute approximate surface area is 450 Å². The molecule has 71 heavy (non-hydrogen) atoms. The number of nitrogens with zero attached hydrogens (tertiary/aromatic N) is 4. The van der Waals surface area contributed by atoms with E-state index in [0.717, 1.165) is 44.5 Å². The van der Waals surface area contributed by atoms with Crippen molar-refractivity contribution in [1.82, 2.24) is 0 Å². The van der Waals surface area contributed by atoms with Gasteiger partial charge in [0.05, 0.1) is 0 Å². The molecular formula is C62H88N4O4Zr. The first kappa shape index (κ1) is 59.5. The molecule has 0 fully saturated rings. The van der Waals surface area contributed by atoms with Crippen LogP contribution in [0.2, 0.25) is 0 Å². The first-order valence-electron chi connectivity index (χ1n) is 25.5. The fourth-order valence-corrected chi connectivity index (χ4v) is 8.81. The molecular weight excluding hydrogens is 956 g/mol. The Hall–Kier alpha value is -4.10. The summed E-state index contributed by atoms with van der Waals surface area (Å²) in [7, 11) is 0. The molecule has 2 aliphatic rings. The minimum atomic E-state index is -0.267. The van der Waals surface area contributed by atoms with Crippen molar-refractivity contribution in [2.75, 3.05) is 36.0 Å². The molecule has 0 bridgehead atoms. The van der Waals surface area contributed by atoms with Gasteiger partial charge in [-0.3, -0.25) is 0 Å². The largest absolute Gasteiger partial charge is 4.00 e. The molecule has 8 nitrogen and oxygen atoms in total. The third-order valence-corrected chi connectivity index (χ3v) is 13.7. The normalized spacial score (nSPS) is 15.3. The molecule has 4 aromatic carbocycles. The molecule has 4 aromatic rings. The van der Waals surface area contributed by atoms with E-state index in [4.69, 9.17) is 0 Å².